The molecule has 1 aliphatic heterocycles. The molecule has 4 aromatic carbocycles. The third-order valence-electron chi connectivity index (χ3n) is 6.93. The second kappa shape index (κ2) is 7.81. The summed E-state index contributed by atoms with van der Waals surface area (Å²) in [7, 11) is 0. The molecule has 0 radical (unpaired) electrons. The van der Waals surface area contributed by atoms with Gasteiger partial charge in [0.15, 0.2) is 0 Å². The molecular weight excluding hydrogens is 418 g/mol. The molecule has 0 fully saturated rings. The van der Waals surface area contributed by atoms with Crippen LogP contribution in [0.5, 0.6) is 0 Å². The topological polar surface area (TPSA) is 25.6 Å². The van der Waals surface area contributed by atoms with E-state index in [4.69, 9.17) is 9.15 Å². The molecule has 0 saturated carbocycles. The van der Waals surface area contributed by atoms with Gasteiger partial charge in [0.1, 0.15) is 16.9 Å². The second-order valence-corrected chi connectivity index (χ2v) is 9.16. The number of allylic oxidation sites excluding steroid dienone is 1. The van der Waals surface area contributed by atoms with Crippen molar-refractivity contribution in [2.24, 2.45) is 0 Å². The Morgan fingerprint density at radius 3 is 2.12 bits per heavy atom. The molecular formula is C31H27NO2. The Kier molecular flexibility index (Phi) is 4.73. The van der Waals surface area contributed by atoms with Crippen molar-refractivity contribution >= 4 is 33.4 Å². The Labute approximate surface area is 199 Å². The lowest BCUT2D eigenvalue weighted by molar-refractivity contribution is 0.194. The molecule has 1 aliphatic rings. The summed E-state index contributed by atoms with van der Waals surface area (Å²) in [5.74, 6) is 0.921. The van der Waals surface area contributed by atoms with Crippen molar-refractivity contribution in [3.05, 3.63) is 118 Å². The van der Waals surface area contributed by atoms with Crippen LogP contribution in [0.4, 0.5) is 5.69 Å². The number of rotatable bonds is 3. The summed E-state index contributed by atoms with van der Waals surface area (Å²) in [6, 6.07) is 29.5. The fraction of sp³-hybridized carbons (Fsp3) is 0.161. The first-order chi connectivity index (χ1) is 16.5. The van der Waals surface area contributed by atoms with E-state index in [2.05, 4.69) is 99.3 Å². The van der Waals surface area contributed by atoms with E-state index in [1.165, 1.54) is 16.7 Å². The Hall–Kier alpha value is -3.98. The van der Waals surface area contributed by atoms with Crippen LogP contribution in [-0.2, 0) is 4.74 Å². The van der Waals surface area contributed by atoms with Crippen molar-refractivity contribution in [3.8, 4) is 0 Å². The number of para-hydroxylation sites is 1. The van der Waals surface area contributed by atoms with E-state index in [1.807, 2.05) is 18.2 Å². The quantitative estimate of drug-likeness (QED) is 0.279. The molecule has 0 aliphatic carbocycles. The summed E-state index contributed by atoms with van der Waals surface area (Å²) < 4.78 is 12.9. The standard InChI is InChI=1S/C31H27NO2/c1-19-11-10-12-20(2)29(19)31-32(22(4)30(34-31)23-13-6-5-7-14-23)26-18-25-24-15-8-9-16-27(24)33-28(25)17-21(26)3/h5-18,31H,1-4H3. The van der Waals surface area contributed by atoms with Gasteiger partial charge in [-0.3, -0.25) is 0 Å². The fourth-order valence-electron chi connectivity index (χ4n) is 5.23. The lowest BCUT2D eigenvalue weighted by Crippen LogP contribution is -2.25. The number of hydrogen-bond acceptors (Lipinski definition) is 3. The average Bonchev–Trinajstić information content (AvgIpc) is 3.36. The van der Waals surface area contributed by atoms with Crippen LogP contribution in [0.25, 0.3) is 27.7 Å². The largest absolute Gasteiger partial charge is 0.463 e. The molecule has 5 aromatic rings. The predicted octanol–water partition coefficient (Wildman–Crippen LogP) is 8.44. The molecule has 168 valence electrons. The molecule has 34 heavy (non-hydrogen) atoms. The molecule has 1 aromatic heterocycles. The number of nitrogens with zero attached hydrogens (tertiary/aromatic N) is 1. The van der Waals surface area contributed by atoms with Gasteiger partial charge in [0.2, 0.25) is 6.23 Å². The molecule has 0 spiro atoms. The van der Waals surface area contributed by atoms with Gasteiger partial charge in [-0.05, 0) is 62.6 Å². The van der Waals surface area contributed by atoms with Crippen molar-refractivity contribution in [3.63, 3.8) is 0 Å². The van der Waals surface area contributed by atoms with Gasteiger partial charge in [0, 0.05) is 27.6 Å². The van der Waals surface area contributed by atoms with E-state index in [0.717, 1.165) is 50.2 Å². The minimum Gasteiger partial charge on any atom is -0.463 e. The van der Waals surface area contributed by atoms with Crippen LogP contribution in [0.15, 0.2) is 95.0 Å². The first-order valence-corrected chi connectivity index (χ1v) is 11.7. The maximum atomic E-state index is 6.79. The lowest BCUT2D eigenvalue weighted by Gasteiger charge is -2.30. The maximum Gasteiger partial charge on any atom is 0.203 e. The molecule has 0 saturated heterocycles. The van der Waals surface area contributed by atoms with Gasteiger partial charge in [-0.1, -0.05) is 66.7 Å². The van der Waals surface area contributed by atoms with Crippen LogP contribution < -0.4 is 4.90 Å². The number of fused-ring (bicyclic) bond motifs is 3. The number of hydrogen-bond donors (Lipinski definition) is 0. The van der Waals surface area contributed by atoms with Crippen molar-refractivity contribution in [1.29, 1.82) is 0 Å². The smallest absolute Gasteiger partial charge is 0.203 e. The summed E-state index contributed by atoms with van der Waals surface area (Å²) in [6.07, 6.45) is -0.245. The average molecular weight is 446 g/mol. The highest BCUT2D eigenvalue weighted by molar-refractivity contribution is 6.06. The first kappa shape index (κ1) is 20.6. The zero-order chi connectivity index (χ0) is 23.4. The van der Waals surface area contributed by atoms with Crippen LogP contribution in [-0.4, -0.2) is 0 Å². The normalized spacial score (nSPS) is 16.0. The molecule has 1 atom stereocenters. The van der Waals surface area contributed by atoms with Gasteiger partial charge in [-0.15, -0.1) is 0 Å². The Balaban J connectivity index is 1.60. The Morgan fingerprint density at radius 1 is 0.647 bits per heavy atom. The number of benzene rings is 4. The molecule has 2 heterocycles. The highest BCUT2D eigenvalue weighted by atomic mass is 16.5. The van der Waals surface area contributed by atoms with E-state index >= 15 is 0 Å². The zero-order valence-electron chi connectivity index (χ0n) is 19.9. The Bertz CT molecular complexity index is 1560. The molecule has 3 nitrogen and oxygen atoms in total. The van der Waals surface area contributed by atoms with E-state index in [0.29, 0.717) is 0 Å². The SMILES string of the molecule is CC1=C(c2ccccc2)OC(c2c(C)cccc2C)N1c1cc2c(cc1C)oc1ccccc12. The zero-order valence-corrected chi connectivity index (χ0v) is 19.9. The summed E-state index contributed by atoms with van der Waals surface area (Å²) in [4.78, 5) is 2.36. The minimum atomic E-state index is -0.245. The van der Waals surface area contributed by atoms with Gasteiger partial charge in [-0.2, -0.15) is 0 Å². The van der Waals surface area contributed by atoms with E-state index < -0.39 is 0 Å². The summed E-state index contributed by atoms with van der Waals surface area (Å²) in [5.41, 5.74) is 9.97. The minimum absolute atomic E-state index is 0.245. The first-order valence-electron chi connectivity index (χ1n) is 11.7. The summed E-state index contributed by atoms with van der Waals surface area (Å²) in [5, 5.41) is 2.25. The van der Waals surface area contributed by atoms with Crippen molar-refractivity contribution < 1.29 is 9.15 Å². The molecule has 6 rings (SSSR count). The summed E-state index contributed by atoms with van der Waals surface area (Å²) in [6.45, 7) is 8.64. The predicted molar refractivity (Wildman–Crippen MR) is 140 cm³/mol. The van der Waals surface area contributed by atoms with Gasteiger partial charge in [0.05, 0.1) is 5.70 Å². The van der Waals surface area contributed by atoms with E-state index in [1.54, 1.807) is 0 Å². The number of anilines is 1. The summed E-state index contributed by atoms with van der Waals surface area (Å²) >= 11 is 0. The van der Waals surface area contributed by atoms with Crippen molar-refractivity contribution in [1.82, 2.24) is 0 Å². The van der Waals surface area contributed by atoms with Gasteiger partial charge in [0.25, 0.3) is 0 Å². The molecule has 0 N–H and O–H groups in total. The van der Waals surface area contributed by atoms with Crippen LogP contribution in [0.3, 0.4) is 0 Å². The highest BCUT2D eigenvalue weighted by Crippen LogP contribution is 2.47. The van der Waals surface area contributed by atoms with Gasteiger partial charge in [-0.25, -0.2) is 0 Å². The van der Waals surface area contributed by atoms with Crippen LogP contribution in [0, 0.1) is 20.8 Å². The van der Waals surface area contributed by atoms with E-state index in [-0.39, 0.29) is 6.23 Å². The fourth-order valence-corrected chi connectivity index (χ4v) is 5.23. The highest BCUT2D eigenvalue weighted by Gasteiger charge is 2.36. The third kappa shape index (κ3) is 3.12. The molecule has 0 amide bonds. The third-order valence-corrected chi connectivity index (χ3v) is 6.93. The molecule has 0 bridgehead atoms. The molecule has 3 heteroatoms. The van der Waals surface area contributed by atoms with Gasteiger partial charge >= 0.3 is 0 Å². The second-order valence-electron chi connectivity index (χ2n) is 9.16. The maximum absolute atomic E-state index is 6.79. The van der Waals surface area contributed by atoms with Crippen molar-refractivity contribution in [2.45, 2.75) is 33.9 Å². The van der Waals surface area contributed by atoms with Crippen LogP contribution in [0.1, 0.15) is 41.0 Å². The molecule has 1 unspecified atom stereocenters. The lowest BCUT2D eigenvalue weighted by atomic mass is 9.99. The Morgan fingerprint density at radius 2 is 1.35 bits per heavy atom. The van der Waals surface area contributed by atoms with Crippen LogP contribution in [0.2, 0.25) is 0 Å². The number of aryl methyl sites for hydroxylation is 3. The number of furan rings is 1. The van der Waals surface area contributed by atoms with E-state index in [9.17, 15) is 0 Å². The van der Waals surface area contributed by atoms with Crippen molar-refractivity contribution in [2.75, 3.05) is 4.90 Å². The number of ether oxygens (including phenoxy) is 1. The van der Waals surface area contributed by atoms with Crippen LogP contribution >= 0.6 is 0 Å². The van der Waals surface area contributed by atoms with Gasteiger partial charge < -0.3 is 14.1 Å². The monoisotopic (exact) mass is 445 g/mol.